The van der Waals surface area contributed by atoms with Crippen molar-refractivity contribution in [2.75, 3.05) is 24.1 Å². The number of nitrogens with one attached hydrogen (secondary N) is 1. The molecule has 1 aliphatic carbocycles. The van der Waals surface area contributed by atoms with E-state index in [4.69, 9.17) is 4.74 Å². The molecule has 5 nitrogen and oxygen atoms in total. The number of thioether (sulfide) groups is 1. The molecule has 124 valence electrons. The van der Waals surface area contributed by atoms with Gasteiger partial charge in [0.25, 0.3) is 0 Å². The second-order valence-corrected chi connectivity index (χ2v) is 7.12. The minimum atomic E-state index is -0.365. The van der Waals surface area contributed by atoms with E-state index in [9.17, 15) is 9.59 Å². The van der Waals surface area contributed by atoms with Gasteiger partial charge in [0.2, 0.25) is 11.8 Å². The highest BCUT2D eigenvalue weighted by molar-refractivity contribution is 7.99. The molecule has 0 bridgehead atoms. The Kier molecular flexibility index (Phi) is 4.80. The number of amides is 2. The van der Waals surface area contributed by atoms with Gasteiger partial charge in [-0.1, -0.05) is 6.42 Å². The lowest BCUT2D eigenvalue weighted by Gasteiger charge is -2.31. The Bertz CT molecular complexity index is 616. The van der Waals surface area contributed by atoms with Crippen LogP contribution < -0.4 is 10.1 Å². The largest absolute Gasteiger partial charge is 0.496 e. The minimum absolute atomic E-state index is 0.104. The zero-order valence-electron chi connectivity index (χ0n) is 13.5. The lowest BCUT2D eigenvalue weighted by atomic mass is 9.84. The molecular formula is C17H22N2O3S. The van der Waals surface area contributed by atoms with E-state index in [0.717, 1.165) is 36.3 Å². The zero-order chi connectivity index (χ0) is 16.4. The molecule has 1 saturated heterocycles. The van der Waals surface area contributed by atoms with Crippen molar-refractivity contribution < 1.29 is 14.3 Å². The van der Waals surface area contributed by atoms with Gasteiger partial charge in [-0.25, -0.2) is 0 Å². The molecule has 6 heteroatoms. The highest BCUT2D eigenvalue weighted by Gasteiger charge is 2.39. The van der Waals surface area contributed by atoms with E-state index in [1.165, 1.54) is 0 Å². The van der Waals surface area contributed by atoms with E-state index in [2.05, 4.69) is 5.32 Å². The monoisotopic (exact) mass is 334 g/mol. The maximum atomic E-state index is 12.6. The summed E-state index contributed by atoms with van der Waals surface area (Å²) < 4.78 is 5.23. The number of nitrogens with zero attached hydrogens (tertiary/aromatic N) is 1. The van der Waals surface area contributed by atoms with Gasteiger partial charge in [-0.15, -0.1) is 11.8 Å². The summed E-state index contributed by atoms with van der Waals surface area (Å²) in [5, 5.41) is 2.93. The van der Waals surface area contributed by atoms with Gasteiger partial charge in [-0.05, 0) is 43.5 Å². The number of benzene rings is 1. The second kappa shape index (κ2) is 6.83. The lowest BCUT2D eigenvalue weighted by Crippen LogP contribution is -2.47. The summed E-state index contributed by atoms with van der Waals surface area (Å²) in [6.07, 6.45) is 3.05. The van der Waals surface area contributed by atoms with E-state index in [1.54, 1.807) is 23.8 Å². The summed E-state index contributed by atoms with van der Waals surface area (Å²) >= 11 is 1.64. The Hall–Kier alpha value is -1.69. The van der Waals surface area contributed by atoms with Crippen molar-refractivity contribution in [1.82, 2.24) is 4.90 Å². The highest BCUT2D eigenvalue weighted by Crippen LogP contribution is 2.32. The molecule has 1 atom stereocenters. The summed E-state index contributed by atoms with van der Waals surface area (Å²) in [6, 6.07) is 5.18. The van der Waals surface area contributed by atoms with Gasteiger partial charge in [0.05, 0.1) is 13.0 Å². The Morgan fingerprint density at radius 2 is 2.13 bits per heavy atom. The van der Waals surface area contributed by atoms with E-state index < -0.39 is 0 Å². The molecule has 2 amide bonds. The van der Waals surface area contributed by atoms with Gasteiger partial charge < -0.3 is 15.0 Å². The molecule has 1 heterocycles. The number of rotatable bonds is 4. The Labute approximate surface area is 140 Å². The van der Waals surface area contributed by atoms with Gasteiger partial charge in [-0.3, -0.25) is 9.59 Å². The number of hydrogen-bond donors (Lipinski definition) is 1. The number of carbonyl (C=O) groups is 2. The second-order valence-electron chi connectivity index (χ2n) is 6.13. The van der Waals surface area contributed by atoms with Gasteiger partial charge >= 0.3 is 0 Å². The van der Waals surface area contributed by atoms with Crippen LogP contribution in [0.25, 0.3) is 0 Å². The molecule has 1 unspecified atom stereocenters. The summed E-state index contributed by atoms with van der Waals surface area (Å²) in [7, 11) is 1.63. The van der Waals surface area contributed by atoms with Crippen molar-refractivity contribution in [3.63, 3.8) is 0 Å². The molecule has 1 aliphatic heterocycles. The molecule has 23 heavy (non-hydrogen) atoms. The zero-order valence-corrected chi connectivity index (χ0v) is 14.3. The van der Waals surface area contributed by atoms with Crippen LogP contribution in [-0.2, 0) is 9.59 Å². The number of carbonyl (C=O) groups excluding carboxylic acids is 2. The molecule has 2 fully saturated rings. The third-order valence-electron chi connectivity index (χ3n) is 4.58. The molecule has 2 aliphatic rings. The van der Waals surface area contributed by atoms with Crippen LogP contribution in [0.4, 0.5) is 5.69 Å². The molecule has 0 spiro atoms. The smallest absolute Gasteiger partial charge is 0.248 e. The Morgan fingerprint density at radius 1 is 1.35 bits per heavy atom. The SMILES string of the molecule is COc1ccc(NC(=O)C2CSCN2C(=O)C2CCC2)cc1C. The lowest BCUT2D eigenvalue weighted by molar-refractivity contribution is -0.141. The first-order valence-corrected chi connectivity index (χ1v) is 9.09. The summed E-state index contributed by atoms with van der Waals surface area (Å²) in [5.41, 5.74) is 1.70. The first-order valence-electron chi connectivity index (χ1n) is 7.94. The van der Waals surface area contributed by atoms with Crippen LogP contribution >= 0.6 is 11.8 Å². The summed E-state index contributed by atoms with van der Waals surface area (Å²) in [5.74, 6) is 2.25. The fraction of sp³-hybridized carbons (Fsp3) is 0.529. The van der Waals surface area contributed by atoms with Gasteiger partial charge in [-0.2, -0.15) is 0 Å². The summed E-state index contributed by atoms with van der Waals surface area (Å²) in [6.45, 7) is 1.94. The summed E-state index contributed by atoms with van der Waals surface area (Å²) in [4.78, 5) is 26.8. The average Bonchev–Trinajstić information content (AvgIpc) is 2.95. The van der Waals surface area contributed by atoms with Crippen molar-refractivity contribution in [3.05, 3.63) is 23.8 Å². The van der Waals surface area contributed by atoms with Gasteiger partial charge in [0.15, 0.2) is 0 Å². The standard InChI is InChI=1S/C17H22N2O3S/c1-11-8-13(6-7-15(11)22-2)18-16(20)14-9-23-10-19(14)17(21)12-4-3-5-12/h6-8,12,14H,3-5,9-10H2,1-2H3,(H,18,20). The fourth-order valence-electron chi connectivity index (χ4n) is 2.95. The van der Waals surface area contributed by atoms with Crippen molar-refractivity contribution >= 4 is 29.3 Å². The van der Waals surface area contributed by atoms with E-state index >= 15 is 0 Å². The van der Waals surface area contributed by atoms with Crippen LogP contribution in [-0.4, -0.2) is 41.5 Å². The fourth-order valence-corrected chi connectivity index (χ4v) is 4.11. The van der Waals surface area contributed by atoms with Crippen LogP contribution in [0, 0.1) is 12.8 Å². The van der Waals surface area contributed by atoms with E-state index in [0.29, 0.717) is 11.6 Å². The average molecular weight is 334 g/mol. The number of hydrogen-bond acceptors (Lipinski definition) is 4. The number of methoxy groups -OCH3 is 1. The van der Waals surface area contributed by atoms with Crippen LogP contribution in [0.1, 0.15) is 24.8 Å². The van der Waals surface area contributed by atoms with Crippen molar-refractivity contribution in [1.29, 1.82) is 0 Å². The molecular weight excluding hydrogens is 312 g/mol. The normalized spacial score (nSPS) is 21.0. The van der Waals surface area contributed by atoms with Crippen LogP contribution in [0.2, 0.25) is 0 Å². The molecule has 1 aromatic carbocycles. The molecule has 1 saturated carbocycles. The van der Waals surface area contributed by atoms with Crippen molar-refractivity contribution in [2.24, 2.45) is 5.92 Å². The Balaban J connectivity index is 1.67. The van der Waals surface area contributed by atoms with Crippen molar-refractivity contribution in [3.8, 4) is 5.75 Å². The van der Waals surface area contributed by atoms with Gasteiger partial charge in [0, 0.05) is 17.4 Å². The Morgan fingerprint density at radius 3 is 2.74 bits per heavy atom. The topological polar surface area (TPSA) is 58.6 Å². The van der Waals surface area contributed by atoms with Crippen LogP contribution in [0.15, 0.2) is 18.2 Å². The maximum Gasteiger partial charge on any atom is 0.248 e. The molecule has 3 rings (SSSR count). The predicted molar refractivity (Wildman–Crippen MR) is 91.7 cm³/mol. The molecule has 1 aromatic rings. The molecule has 1 N–H and O–H groups in total. The molecule has 0 aromatic heterocycles. The first-order chi connectivity index (χ1) is 11.1. The number of ether oxygens (including phenoxy) is 1. The highest BCUT2D eigenvalue weighted by atomic mass is 32.2. The predicted octanol–water partition coefficient (Wildman–Crippen LogP) is 2.64. The first kappa shape index (κ1) is 16.2. The van der Waals surface area contributed by atoms with E-state index in [1.807, 2.05) is 25.1 Å². The maximum absolute atomic E-state index is 12.6. The third kappa shape index (κ3) is 3.32. The van der Waals surface area contributed by atoms with Crippen LogP contribution in [0.5, 0.6) is 5.75 Å². The molecule has 0 radical (unpaired) electrons. The number of anilines is 1. The quantitative estimate of drug-likeness (QED) is 0.920. The van der Waals surface area contributed by atoms with Gasteiger partial charge in [0.1, 0.15) is 11.8 Å². The van der Waals surface area contributed by atoms with Crippen LogP contribution in [0.3, 0.4) is 0 Å². The number of aryl methyl sites for hydroxylation is 1. The van der Waals surface area contributed by atoms with E-state index in [-0.39, 0.29) is 23.8 Å². The minimum Gasteiger partial charge on any atom is -0.496 e. The third-order valence-corrected chi connectivity index (χ3v) is 5.60. The van der Waals surface area contributed by atoms with Crippen molar-refractivity contribution in [2.45, 2.75) is 32.2 Å².